The van der Waals surface area contributed by atoms with Crippen molar-refractivity contribution < 1.29 is 12.8 Å². The van der Waals surface area contributed by atoms with Crippen molar-refractivity contribution in [2.24, 2.45) is 0 Å². The first-order chi connectivity index (χ1) is 15.2. The Morgan fingerprint density at radius 2 is 1.72 bits per heavy atom. The topological polar surface area (TPSA) is 71.1 Å². The lowest BCUT2D eigenvalue weighted by Crippen LogP contribution is -2.21. The van der Waals surface area contributed by atoms with E-state index in [9.17, 15) is 12.8 Å². The SMILES string of the molecule is Cc1ccc(NS(=O)(=O)c2cc(-c3sc(NC4CCCCC4)nc3C)ccc2C)cc1F. The molecule has 170 valence electrons. The first-order valence-electron chi connectivity index (χ1n) is 10.9. The standard InChI is InChI=1S/C24H28FN3O2S2/c1-15-10-12-20(14-21(15)25)28-32(29,30)22-13-18(11-9-16(22)2)23-17(3)26-24(31-23)27-19-7-5-4-6-8-19/h9-14,19,28H,4-8H2,1-3H3,(H,26,27). The van der Waals surface area contributed by atoms with Crippen LogP contribution in [0, 0.1) is 26.6 Å². The van der Waals surface area contributed by atoms with E-state index in [1.807, 2.05) is 13.0 Å². The largest absolute Gasteiger partial charge is 0.359 e. The van der Waals surface area contributed by atoms with Crippen molar-refractivity contribution in [3.63, 3.8) is 0 Å². The molecule has 1 fully saturated rings. The lowest BCUT2D eigenvalue weighted by atomic mass is 9.96. The normalized spacial score (nSPS) is 15.0. The van der Waals surface area contributed by atoms with Gasteiger partial charge in [0.2, 0.25) is 0 Å². The second-order valence-electron chi connectivity index (χ2n) is 8.46. The summed E-state index contributed by atoms with van der Waals surface area (Å²) in [6, 6.07) is 10.2. The fourth-order valence-electron chi connectivity index (χ4n) is 4.04. The molecule has 2 N–H and O–H groups in total. The number of hydrogen-bond donors (Lipinski definition) is 2. The zero-order valence-electron chi connectivity index (χ0n) is 18.5. The molecule has 0 saturated heterocycles. The van der Waals surface area contributed by atoms with Crippen LogP contribution in [-0.4, -0.2) is 19.4 Å². The Balaban J connectivity index is 1.61. The maximum Gasteiger partial charge on any atom is 0.262 e. The summed E-state index contributed by atoms with van der Waals surface area (Å²) in [4.78, 5) is 5.80. The highest BCUT2D eigenvalue weighted by Gasteiger charge is 2.21. The number of nitrogens with zero attached hydrogens (tertiary/aromatic N) is 1. The molecule has 8 heteroatoms. The van der Waals surface area contributed by atoms with Crippen LogP contribution in [0.25, 0.3) is 10.4 Å². The van der Waals surface area contributed by atoms with Crippen LogP contribution in [0.4, 0.5) is 15.2 Å². The van der Waals surface area contributed by atoms with Gasteiger partial charge in [0.25, 0.3) is 10.0 Å². The third kappa shape index (κ3) is 4.96. The second-order valence-corrected chi connectivity index (χ2v) is 11.1. The maximum absolute atomic E-state index is 13.9. The van der Waals surface area contributed by atoms with Gasteiger partial charge in [-0.25, -0.2) is 17.8 Å². The van der Waals surface area contributed by atoms with Crippen molar-refractivity contribution in [3.05, 3.63) is 59.0 Å². The first kappa shape index (κ1) is 22.7. The Labute approximate surface area is 193 Å². The average Bonchev–Trinajstić information content (AvgIpc) is 3.11. The Bertz CT molecular complexity index is 1230. The summed E-state index contributed by atoms with van der Waals surface area (Å²) < 4.78 is 42.6. The van der Waals surface area contributed by atoms with Crippen LogP contribution in [0.15, 0.2) is 41.3 Å². The lowest BCUT2D eigenvalue weighted by molar-refractivity contribution is 0.462. The Hall–Kier alpha value is -2.45. The van der Waals surface area contributed by atoms with Gasteiger partial charge in [0.05, 0.1) is 21.2 Å². The van der Waals surface area contributed by atoms with Crippen LogP contribution in [0.5, 0.6) is 0 Å². The van der Waals surface area contributed by atoms with Gasteiger partial charge in [-0.1, -0.05) is 48.8 Å². The average molecular weight is 474 g/mol. The van der Waals surface area contributed by atoms with Crippen LogP contribution >= 0.6 is 11.3 Å². The predicted octanol–water partition coefficient (Wildman–Crippen LogP) is 6.42. The monoisotopic (exact) mass is 473 g/mol. The molecular weight excluding hydrogens is 445 g/mol. The van der Waals surface area contributed by atoms with E-state index < -0.39 is 15.8 Å². The summed E-state index contributed by atoms with van der Waals surface area (Å²) in [5.74, 6) is -0.450. The van der Waals surface area contributed by atoms with Crippen molar-refractivity contribution in [2.45, 2.75) is 63.8 Å². The number of halogens is 1. The van der Waals surface area contributed by atoms with Crippen LogP contribution in [0.1, 0.15) is 48.9 Å². The quantitative estimate of drug-likeness (QED) is 0.433. The fraction of sp³-hybridized carbons (Fsp3) is 0.375. The van der Waals surface area contributed by atoms with Gasteiger partial charge < -0.3 is 5.32 Å². The third-order valence-corrected chi connectivity index (χ3v) is 8.55. The molecule has 32 heavy (non-hydrogen) atoms. The summed E-state index contributed by atoms with van der Waals surface area (Å²) in [5.41, 5.74) is 2.96. The number of rotatable bonds is 6. The summed E-state index contributed by atoms with van der Waals surface area (Å²) in [5, 5.41) is 4.43. The Morgan fingerprint density at radius 3 is 2.44 bits per heavy atom. The van der Waals surface area contributed by atoms with Crippen molar-refractivity contribution in [3.8, 4) is 10.4 Å². The van der Waals surface area contributed by atoms with Gasteiger partial charge in [-0.05, 0) is 68.5 Å². The molecule has 2 aromatic carbocycles. The van der Waals surface area contributed by atoms with Crippen molar-refractivity contribution >= 4 is 32.2 Å². The minimum atomic E-state index is -3.88. The molecular formula is C24H28FN3O2S2. The Kier molecular flexibility index (Phi) is 6.53. The number of aryl methyl sites for hydroxylation is 3. The molecule has 1 saturated carbocycles. The van der Waals surface area contributed by atoms with Crippen LogP contribution in [0.3, 0.4) is 0 Å². The molecule has 0 atom stereocenters. The highest BCUT2D eigenvalue weighted by molar-refractivity contribution is 7.92. The molecule has 1 aromatic heterocycles. The molecule has 1 aliphatic carbocycles. The first-order valence-corrected chi connectivity index (χ1v) is 13.2. The van der Waals surface area contributed by atoms with E-state index in [0.717, 1.165) is 34.1 Å². The minimum Gasteiger partial charge on any atom is -0.359 e. The van der Waals surface area contributed by atoms with Crippen LogP contribution in [-0.2, 0) is 10.0 Å². The molecule has 4 rings (SSSR count). The summed E-state index contributed by atoms with van der Waals surface area (Å²) in [7, 11) is -3.88. The lowest BCUT2D eigenvalue weighted by Gasteiger charge is -2.22. The van der Waals surface area contributed by atoms with Gasteiger partial charge in [-0.2, -0.15) is 0 Å². The summed E-state index contributed by atoms with van der Waals surface area (Å²) in [6.45, 7) is 5.33. The molecule has 0 bridgehead atoms. The number of benzene rings is 2. The van der Waals surface area contributed by atoms with Gasteiger partial charge in [-0.3, -0.25) is 4.72 Å². The highest BCUT2D eigenvalue weighted by Crippen LogP contribution is 2.36. The van der Waals surface area contributed by atoms with Crippen molar-refractivity contribution in [1.29, 1.82) is 0 Å². The number of thiazole rings is 1. The number of sulfonamides is 1. The van der Waals surface area contributed by atoms with Gasteiger partial charge in [0.15, 0.2) is 5.13 Å². The Morgan fingerprint density at radius 1 is 1.00 bits per heavy atom. The zero-order valence-corrected chi connectivity index (χ0v) is 20.2. The van der Waals surface area contributed by atoms with E-state index in [0.29, 0.717) is 17.2 Å². The third-order valence-electron chi connectivity index (χ3n) is 5.89. The molecule has 0 amide bonds. The number of anilines is 2. The van der Waals surface area contributed by atoms with Crippen LogP contribution in [0.2, 0.25) is 0 Å². The molecule has 5 nitrogen and oxygen atoms in total. The minimum absolute atomic E-state index is 0.172. The van der Waals surface area contributed by atoms with Crippen LogP contribution < -0.4 is 10.0 Å². The van der Waals surface area contributed by atoms with E-state index >= 15 is 0 Å². The highest BCUT2D eigenvalue weighted by atomic mass is 32.2. The van der Waals surface area contributed by atoms with E-state index in [1.165, 1.54) is 25.3 Å². The molecule has 1 aliphatic rings. The van der Waals surface area contributed by atoms with Gasteiger partial charge >= 0.3 is 0 Å². The number of hydrogen-bond acceptors (Lipinski definition) is 5. The fourth-order valence-corrected chi connectivity index (χ4v) is 6.41. The molecule has 0 radical (unpaired) electrons. The number of nitrogens with one attached hydrogen (secondary N) is 2. The molecule has 3 aromatic rings. The predicted molar refractivity (Wildman–Crippen MR) is 129 cm³/mol. The van der Waals surface area contributed by atoms with E-state index in [1.54, 1.807) is 49.4 Å². The van der Waals surface area contributed by atoms with Crippen molar-refractivity contribution in [2.75, 3.05) is 10.0 Å². The smallest absolute Gasteiger partial charge is 0.262 e. The van der Waals surface area contributed by atoms with E-state index in [4.69, 9.17) is 0 Å². The van der Waals surface area contributed by atoms with Gasteiger partial charge in [0.1, 0.15) is 5.82 Å². The number of aromatic nitrogens is 1. The molecule has 0 unspecified atom stereocenters. The maximum atomic E-state index is 13.9. The molecule has 1 heterocycles. The zero-order chi connectivity index (χ0) is 22.9. The van der Waals surface area contributed by atoms with Gasteiger partial charge in [-0.15, -0.1) is 0 Å². The molecule has 0 spiro atoms. The van der Waals surface area contributed by atoms with Gasteiger partial charge in [0, 0.05) is 6.04 Å². The van der Waals surface area contributed by atoms with Crippen molar-refractivity contribution in [1.82, 2.24) is 4.98 Å². The molecule has 0 aliphatic heterocycles. The summed E-state index contributed by atoms with van der Waals surface area (Å²) in [6.07, 6.45) is 6.10. The second kappa shape index (κ2) is 9.19. The van der Waals surface area contributed by atoms with E-state index in [2.05, 4.69) is 15.0 Å². The van der Waals surface area contributed by atoms with E-state index in [-0.39, 0.29) is 10.6 Å². The summed E-state index contributed by atoms with van der Waals surface area (Å²) >= 11 is 1.55.